The van der Waals surface area contributed by atoms with E-state index in [9.17, 15) is 0 Å². The molecule has 0 aromatic rings. The molecule has 61 valence electrons. The van der Waals surface area contributed by atoms with Crippen LogP contribution in [0.2, 0.25) is 0 Å². The summed E-state index contributed by atoms with van der Waals surface area (Å²) in [4.78, 5) is 2.16. The highest BCUT2D eigenvalue weighted by Gasteiger charge is 2.05. The number of rotatable bonds is 5. The Bertz CT molecular complexity index is 69.1. The molecule has 0 bridgehead atoms. The Morgan fingerprint density at radius 1 is 1.30 bits per heavy atom. The van der Waals surface area contributed by atoms with Gasteiger partial charge in [-0.2, -0.15) is 0 Å². The predicted molar refractivity (Wildman–Crippen MR) is 46.7 cm³/mol. The summed E-state index contributed by atoms with van der Waals surface area (Å²) in [6.45, 7) is 6.80. The fourth-order valence-corrected chi connectivity index (χ4v) is 1.18. The van der Waals surface area contributed by atoms with E-state index in [0.717, 1.165) is 5.92 Å². The molecule has 0 saturated heterocycles. The lowest BCUT2D eigenvalue weighted by Gasteiger charge is -2.17. The molecule has 0 aromatic carbocycles. The summed E-state index contributed by atoms with van der Waals surface area (Å²) in [5.41, 5.74) is 0. The fourth-order valence-electron chi connectivity index (χ4n) is 1.18. The van der Waals surface area contributed by atoms with Gasteiger partial charge in [0.1, 0.15) is 0 Å². The molecule has 1 nitrogen and oxygen atoms in total. The maximum absolute atomic E-state index is 2.31. The maximum atomic E-state index is 2.31. The van der Waals surface area contributed by atoms with Crippen molar-refractivity contribution in [1.82, 2.24) is 4.90 Å². The molecule has 0 heterocycles. The van der Waals surface area contributed by atoms with Gasteiger partial charge in [0.25, 0.3) is 0 Å². The summed E-state index contributed by atoms with van der Waals surface area (Å²) in [5, 5.41) is 0. The van der Waals surface area contributed by atoms with Gasteiger partial charge in [0.2, 0.25) is 0 Å². The molecule has 0 spiro atoms. The molecular formula is C9H20N. The van der Waals surface area contributed by atoms with Crippen LogP contribution in [-0.2, 0) is 0 Å². The van der Waals surface area contributed by atoms with Crippen LogP contribution in [0, 0.1) is 12.5 Å². The van der Waals surface area contributed by atoms with Crippen LogP contribution < -0.4 is 0 Å². The zero-order valence-electron chi connectivity index (χ0n) is 7.72. The minimum absolute atomic E-state index is 0.792. The number of nitrogens with zero attached hydrogens (tertiary/aromatic N) is 1. The van der Waals surface area contributed by atoms with Crippen molar-refractivity contribution in [2.45, 2.75) is 33.1 Å². The van der Waals surface area contributed by atoms with E-state index in [1.54, 1.807) is 0 Å². The van der Waals surface area contributed by atoms with Crippen molar-refractivity contribution in [3.8, 4) is 0 Å². The molecule has 0 amide bonds. The Kier molecular flexibility index (Phi) is 5.70. The topological polar surface area (TPSA) is 3.24 Å². The molecule has 0 rings (SSSR count). The van der Waals surface area contributed by atoms with E-state index in [-0.39, 0.29) is 0 Å². The first kappa shape index (κ1) is 9.96. The summed E-state index contributed by atoms with van der Waals surface area (Å²) in [5.74, 6) is 0.792. The van der Waals surface area contributed by atoms with Gasteiger partial charge >= 0.3 is 0 Å². The molecule has 1 radical (unpaired) electrons. The monoisotopic (exact) mass is 142 g/mol. The average Bonchev–Trinajstić information content (AvgIpc) is 1.86. The molecule has 1 atom stereocenters. The Balaban J connectivity index is 3.39. The van der Waals surface area contributed by atoms with Crippen LogP contribution in [0.3, 0.4) is 0 Å². The van der Waals surface area contributed by atoms with Crippen LogP contribution in [0.25, 0.3) is 0 Å². The largest absolute Gasteiger partial charge is 0.305 e. The highest BCUT2D eigenvalue weighted by atomic mass is 15.1. The lowest BCUT2D eigenvalue weighted by molar-refractivity contribution is 0.378. The number of hydrogen-bond acceptors (Lipinski definition) is 1. The van der Waals surface area contributed by atoms with Crippen molar-refractivity contribution in [3.05, 3.63) is 6.54 Å². The van der Waals surface area contributed by atoms with E-state index in [4.69, 9.17) is 0 Å². The van der Waals surface area contributed by atoms with Crippen LogP contribution in [0.15, 0.2) is 0 Å². The van der Waals surface area contributed by atoms with Crippen LogP contribution in [0.5, 0.6) is 0 Å². The van der Waals surface area contributed by atoms with Gasteiger partial charge in [-0.05, 0) is 26.4 Å². The first-order valence-corrected chi connectivity index (χ1v) is 4.22. The lowest BCUT2D eigenvalue weighted by atomic mass is 10.0. The standard InChI is InChI=1S/C9H20N/c1-5-7-9(6-2)8-10(3)4/h8-9H,5-7H2,1-4H3. The summed E-state index contributed by atoms with van der Waals surface area (Å²) >= 11 is 0. The van der Waals surface area contributed by atoms with Gasteiger partial charge in [-0.3, -0.25) is 0 Å². The fraction of sp³-hybridized carbons (Fsp3) is 0.889. The van der Waals surface area contributed by atoms with Crippen molar-refractivity contribution < 1.29 is 0 Å². The van der Waals surface area contributed by atoms with Gasteiger partial charge < -0.3 is 4.90 Å². The SMILES string of the molecule is CCCC([CH]N(C)C)CC. The summed E-state index contributed by atoms with van der Waals surface area (Å²) in [7, 11) is 4.19. The van der Waals surface area contributed by atoms with Crippen molar-refractivity contribution >= 4 is 0 Å². The minimum Gasteiger partial charge on any atom is -0.305 e. The quantitative estimate of drug-likeness (QED) is 0.570. The van der Waals surface area contributed by atoms with E-state index in [2.05, 4.69) is 39.4 Å². The zero-order chi connectivity index (χ0) is 7.98. The van der Waals surface area contributed by atoms with E-state index >= 15 is 0 Å². The maximum Gasteiger partial charge on any atom is 0.0276 e. The average molecular weight is 142 g/mol. The van der Waals surface area contributed by atoms with Crippen molar-refractivity contribution in [2.75, 3.05) is 14.1 Å². The summed E-state index contributed by atoms with van der Waals surface area (Å²) < 4.78 is 0. The van der Waals surface area contributed by atoms with E-state index in [1.807, 2.05) is 0 Å². The van der Waals surface area contributed by atoms with Crippen LogP contribution in [0.4, 0.5) is 0 Å². The molecule has 10 heavy (non-hydrogen) atoms. The Morgan fingerprint density at radius 3 is 2.20 bits per heavy atom. The van der Waals surface area contributed by atoms with Crippen LogP contribution in [0.1, 0.15) is 33.1 Å². The second-order valence-electron chi connectivity index (χ2n) is 3.07. The summed E-state index contributed by atoms with van der Waals surface area (Å²) in [6, 6.07) is 0. The minimum atomic E-state index is 0.792. The Hall–Kier alpha value is -0.0400. The lowest BCUT2D eigenvalue weighted by Crippen LogP contribution is -2.14. The third-order valence-electron chi connectivity index (χ3n) is 1.69. The molecule has 1 unspecified atom stereocenters. The van der Waals surface area contributed by atoms with Gasteiger partial charge in [-0.25, -0.2) is 0 Å². The van der Waals surface area contributed by atoms with E-state index < -0.39 is 0 Å². The van der Waals surface area contributed by atoms with Crippen LogP contribution in [-0.4, -0.2) is 19.0 Å². The highest BCUT2D eigenvalue weighted by molar-refractivity contribution is 4.71. The predicted octanol–water partition coefficient (Wildman–Crippen LogP) is 2.54. The molecule has 0 N–H and O–H groups in total. The first-order chi connectivity index (χ1) is 4.70. The summed E-state index contributed by atoms with van der Waals surface area (Å²) in [6.07, 6.45) is 3.89. The highest BCUT2D eigenvalue weighted by Crippen LogP contribution is 2.14. The second-order valence-corrected chi connectivity index (χ2v) is 3.07. The van der Waals surface area contributed by atoms with Crippen molar-refractivity contribution in [1.29, 1.82) is 0 Å². The molecule has 0 aliphatic heterocycles. The second kappa shape index (κ2) is 5.72. The van der Waals surface area contributed by atoms with E-state index in [1.165, 1.54) is 19.3 Å². The normalized spacial score (nSPS) is 14.1. The van der Waals surface area contributed by atoms with E-state index in [0.29, 0.717) is 0 Å². The molecule has 0 saturated carbocycles. The third-order valence-corrected chi connectivity index (χ3v) is 1.69. The Labute approximate surface area is 65.4 Å². The van der Waals surface area contributed by atoms with Gasteiger partial charge in [0, 0.05) is 6.54 Å². The zero-order valence-corrected chi connectivity index (χ0v) is 7.72. The van der Waals surface area contributed by atoms with Crippen LogP contribution >= 0.6 is 0 Å². The first-order valence-electron chi connectivity index (χ1n) is 4.22. The molecule has 0 aromatic heterocycles. The molecule has 0 aliphatic rings. The van der Waals surface area contributed by atoms with Gasteiger partial charge in [-0.1, -0.05) is 26.7 Å². The molecule has 0 fully saturated rings. The Morgan fingerprint density at radius 2 is 1.90 bits per heavy atom. The van der Waals surface area contributed by atoms with Gasteiger partial charge in [-0.15, -0.1) is 0 Å². The molecule has 0 aliphatic carbocycles. The number of hydrogen-bond donors (Lipinski definition) is 0. The van der Waals surface area contributed by atoms with Gasteiger partial charge in [0.05, 0.1) is 0 Å². The molecular weight excluding hydrogens is 122 g/mol. The van der Waals surface area contributed by atoms with Gasteiger partial charge in [0.15, 0.2) is 0 Å². The molecule has 1 heteroatoms. The third kappa shape index (κ3) is 4.80. The smallest absolute Gasteiger partial charge is 0.0276 e. The van der Waals surface area contributed by atoms with Crippen molar-refractivity contribution in [2.24, 2.45) is 5.92 Å². The van der Waals surface area contributed by atoms with Crippen molar-refractivity contribution in [3.63, 3.8) is 0 Å².